The molecule has 0 bridgehead atoms. The standard InChI is InChI=1S/C10H7ClIN3O/c11-9-3-7(1-2-8(9)10(13)16)15-5-6(12)4-14-15/h1-5H,(H2,13,16). The van der Waals surface area contributed by atoms with Crippen molar-refractivity contribution in [2.45, 2.75) is 0 Å². The predicted molar refractivity (Wildman–Crippen MR) is 69.8 cm³/mol. The van der Waals surface area contributed by atoms with E-state index in [0.29, 0.717) is 10.6 Å². The van der Waals surface area contributed by atoms with Crippen molar-refractivity contribution in [3.63, 3.8) is 0 Å². The molecule has 0 atom stereocenters. The molecular formula is C10H7ClIN3O. The van der Waals surface area contributed by atoms with Gasteiger partial charge in [-0.2, -0.15) is 5.10 Å². The molecule has 6 heteroatoms. The lowest BCUT2D eigenvalue weighted by Crippen LogP contribution is -2.11. The number of rotatable bonds is 2. The molecule has 0 unspecified atom stereocenters. The molecule has 2 N–H and O–H groups in total. The maximum atomic E-state index is 11.0. The molecule has 0 aliphatic heterocycles. The molecule has 0 aliphatic rings. The lowest BCUT2D eigenvalue weighted by molar-refractivity contribution is 0.100. The van der Waals surface area contributed by atoms with E-state index >= 15 is 0 Å². The van der Waals surface area contributed by atoms with E-state index in [2.05, 4.69) is 27.7 Å². The second-order valence-electron chi connectivity index (χ2n) is 3.13. The van der Waals surface area contributed by atoms with E-state index in [1.807, 2.05) is 6.20 Å². The first-order valence-electron chi connectivity index (χ1n) is 4.38. The van der Waals surface area contributed by atoms with Crippen molar-refractivity contribution in [3.8, 4) is 5.69 Å². The fourth-order valence-corrected chi connectivity index (χ4v) is 1.94. The summed E-state index contributed by atoms with van der Waals surface area (Å²) in [7, 11) is 0. The molecule has 16 heavy (non-hydrogen) atoms. The summed E-state index contributed by atoms with van der Waals surface area (Å²) in [5.41, 5.74) is 6.26. The average Bonchev–Trinajstić information content (AvgIpc) is 2.64. The van der Waals surface area contributed by atoms with Crippen molar-refractivity contribution in [1.82, 2.24) is 9.78 Å². The minimum atomic E-state index is -0.536. The van der Waals surface area contributed by atoms with E-state index in [4.69, 9.17) is 17.3 Å². The Morgan fingerprint density at radius 1 is 1.50 bits per heavy atom. The molecule has 0 spiro atoms. The van der Waals surface area contributed by atoms with Gasteiger partial charge in [0.15, 0.2) is 0 Å². The Morgan fingerprint density at radius 2 is 2.25 bits per heavy atom. The highest BCUT2D eigenvalue weighted by atomic mass is 127. The van der Waals surface area contributed by atoms with Crippen molar-refractivity contribution < 1.29 is 4.79 Å². The summed E-state index contributed by atoms with van der Waals surface area (Å²) in [6, 6.07) is 4.99. The van der Waals surface area contributed by atoms with E-state index in [1.165, 1.54) is 0 Å². The summed E-state index contributed by atoms with van der Waals surface area (Å²) in [6.45, 7) is 0. The van der Waals surface area contributed by atoms with Gasteiger partial charge in [0, 0.05) is 6.20 Å². The molecule has 1 aromatic heterocycles. The van der Waals surface area contributed by atoms with E-state index in [9.17, 15) is 4.79 Å². The number of halogens is 2. The number of aromatic nitrogens is 2. The van der Waals surface area contributed by atoms with Gasteiger partial charge in [0.1, 0.15) is 0 Å². The maximum absolute atomic E-state index is 11.0. The molecule has 2 aromatic rings. The highest BCUT2D eigenvalue weighted by molar-refractivity contribution is 14.1. The predicted octanol–water partition coefficient (Wildman–Crippen LogP) is 2.23. The van der Waals surface area contributed by atoms with E-state index in [1.54, 1.807) is 29.1 Å². The first-order chi connectivity index (χ1) is 7.58. The normalized spacial score (nSPS) is 10.4. The van der Waals surface area contributed by atoms with Crippen LogP contribution in [0.1, 0.15) is 10.4 Å². The molecule has 0 saturated carbocycles. The lowest BCUT2D eigenvalue weighted by Gasteiger charge is -2.04. The minimum absolute atomic E-state index is 0.312. The van der Waals surface area contributed by atoms with Crippen molar-refractivity contribution in [1.29, 1.82) is 0 Å². The van der Waals surface area contributed by atoms with Gasteiger partial charge in [-0.05, 0) is 40.8 Å². The van der Waals surface area contributed by atoms with E-state index in [0.717, 1.165) is 9.26 Å². The molecule has 0 fully saturated rings. The second-order valence-corrected chi connectivity index (χ2v) is 4.78. The van der Waals surface area contributed by atoms with Crippen LogP contribution >= 0.6 is 34.2 Å². The minimum Gasteiger partial charge on any atom is -0.366 e. The average molecular weight is 348 g/mol. The molecule has 0 saturated heterocycles. The smallest absolute Gasteiger partial charge is 0.250 e. The third kappa shape index (κ3) is 2.19. The summed E-state index contributed by atoms with van der Waals surface area (Å²) in [5, 5.41) is 4.47. The number of amides is 1. The lowest BCUT2D eigenvalue weighted by atomic mass is 10.2. The highest BCUT2D eigenvalue weighted by Crippen LogP contribution is 2.20. The quantitative estimate of drug-likeness (QED) is 0.847. The van der Waals surface area contributed by atoms with Crippen LogP contribution in [0.25, 0.3) is 5.69 Å². The van der Waals surface area contributed by atoms with Crippen LogP contribution < -0.4 is 5.73 Å². The van der Waals surface area contributed by atoms with Gasteiger partial charge in [-0.15, -0.1) is 0 Å². The van der Waals surface area contributed by atoms with Gasteiger partial charge in [0.05, 0.1) is 26.0 Å². The van der Waals surface area contributed by atoms with Gasteiger partial charge in [-0.3, -0.25) is 4.79 Å². The summed E-state index contributed by atoms with van der Waals surface area (Å²) in [6.07, 6.45) is 3.59. The number of carbonyl (C=O) groups is 1. The topological polar surface area (TPSA) is 60.9 Å². The Labute approximate surface area is 111 Å². The van der Waals surface area contributed by atoms with E-state index in [-0.39, 0.29) is 0 Å². The number of nitrogens with zero attached hydrogens (tertiary/aromatic N) is 2. The van der Waals surface area contributed by atoms with Crippen LogP contribution in [-0.4, -0.2) is 15.7 Å². The molecular weight excluding hydrogens is 340 g/mol. The Balaban J connectivity index is 2.45. The summed E-state index contributed by atoms with van der Waals surface area (Å²) in [5.74, 6) is -0.536. The molecule has 1 aromatic carbocycles. The van der Waals surface area contributed by atoms with Crippen molar-refractivity contribution in [2.75, 3.05) is 0 Å². The van der Waals surface area contributed by atoms with Gasteiger partial charge < -0.3 is 5.73 Å². The Hall–Kier alpha value is -1.08. The highest BCUT2D eigenvalue weighted by Gasteiger charge is 2.08. The third-order valence-corrected chi connectivity index (χ3v) is 2.90. The zero-order valence-electron chi connectivity index (χ0n) is 8.02. The molecule has 82 valence electrons. The number of nitrogens with two attached hydrogens (primary N) is 1. The number of primary amides is 1. The van der Waals surface area contributed by atoms with Gasteiger partial charge >= 0.3 is 0 Å². The van der Waals surface area contributed by atoms with Gasteiger partial charge in [-0.25, -0.2) is 4.68 Å². The van der Waals surface area contributed by atoms with Gasteiger partial charge in [0.25, 0.3) is 0 Å². The number of hydrogen-bond acceptors (Lipinski definition) is 2. The largest absolute Gasteiger partial charge is 0.366 e. The SMILES string of the molecule is NC(=O)c1ccc(-n2cc(I)cn2)cc1Cl. The molecule has 2 rings (SSSR count). The summed E-state index contributed by atoms with van der Waals surface area (Å²) >= 11 is 8.10. The summed E-state index contributed by atoms with van der Waals surface area (Å²) in [4.78, 5) is 11.0. The number of hydrogen-bond donors (Lipinski definition) is 1. The van der Waals surface area contributed by atoms with Crippen LogP contribution in [0.3, 0.4) is 0 Å². The van der Waals surface area contributed by atoms with Crippen LogP contribution in [0.2, 0.25) is 5.02 Å². The zero-order valence-corrected chi connectivity index (χ0v) is 10.9. The Bertz CT molecular complexity index is 553. The van der Waals surface area contributed by atoms with Crippen molar-refractivity contribution >= 4 is 40.1 Å². The van der Waals surface area contributed by atoms with Crippen LogP contribution in [0, 0.1) is 3.57 Å². The number of carbonyl (C=O) groups excluding carboxylic acids is 1. The molecule has 0 radical (unpaired) electrons. The molecule has 4 nitrogen and oxygen atoms in total. The Kier molecular flexibility index (Phi) is 3.15. The first-order valence-corrected chi connectivity index (χ1v) is 5.83. The molecule has 1 amide bonds. The zero-order chi connectivity index (χ0) is 11.7. The Morgan fingerprint density at radius 3 is 2.75 bits per heavy atom. The van der Waals surface area contributed by atoms with Crippen LogP contribution in [0.5, 0.6) is 0 Å². The fourth-order valence-electron chi connectivity index (χ4n) is 1.29. The van der Waals surface area contributed by atoms with Crippen LogP contribution in [-0.2, 0) is 0 Å². The van der Waals surface area contributed by atoms with Gasteiger partial charge in [-0.1, -0.05) is 11.6 Å². The molecule has 1 heterocycles. The van der Waals surface area contributed by atoms with Gasteiger partial charge in [0.2, 0.25) is 5.91 Å². The first kappa shape index (κ1) is 11.4. The third-order valence-electron chi connectivity index (χ3n) is 2.03. The monoisotopic (exact) mass is 347 g/mol. The van der Waals surface area contributed by atoms with Crippen LogP contribution in [0.4, 0.5) is 0 Å². The summed E-state index contributed by atoms with van der Waals surface area (Å²) < 4.78 is 2.70. The maximum Gasteiger partial charge on any atom is 0.250 e. The van der Waals surface area contributed by atoms with Crippen molar-refractivity contribution in [2.24, 2.45) is 5.73 Å². The van der Waals surface area contributed by atoms with E-state index < -0.39 is 5.91 Å². The van der Waals surface area contributed by atoms with Crippen LogP contribution in [0.15, 0.2) is 30.6 Å². The van der Waals surface area contributed by atoms with Crippen molar-refractivity contribution in [3.05, 3.63) is 44.7 Å². The second kappa shape index (κ2) is 4.42. The fraction of sp³-hybridized carbons (Fsp3) is 0. The molecule has 0 aliphatic carbocycles. The number of benzene rings is 1.